The quantitative estimate of drug-likeness (QED) is 0.0424. The van der Waals surface area contributed by atoms with Gasteiger partial charge in [0.15, 0.2) is 0 Å². The molecule has 57 heavy (non-hydrogen) atoms. The summed E-state index contributed by atoms with van der Waals surface area (Å²) in [7, 11) is 0. The third-order valence-corrected chi connectivity index (χ3v) is 9.18. The molecule has 0 saturated heterocycles. The smallest absolute Gasteiger partial charge is 0.304 e. The van der Waals surface area contributed by atoms with Gasteiger partial charge < -0.3 is 47.5 Å². The number of primary amides is 1. The Bertz CT molecular complexity index is 1610. The van der Waals surface area contributed by atoms with E-state index in [1.807, 2.05) is 6.92 Å². The summed E-state index contributed by atoms with van der Waals surface area (Å²) in [6.45, 7) is 4.55. The van der Waals surface area contributed by atoms with Gasteiger partial charge in [0, 0.05) is 31.0 Å². The summed E-state index contributed by atoms with van der Waals surface area (Å²) in [5, 5.41) is 25.3. The van der Waals surface area contributed by atoms with Gasteiger partial charge in [0.25, 0.3) is 5.91 Å². The van der Waals surface area contributed by atoms with Crippen LogP contribution in [0.1, 0.15) is 116 Å². The molecular weight excluding hydrogens is 738 g/mol. The minimum Gasteiger partial charge on any atom is -0.481 e. The highest BCUT2D eigenvalue weighted by Crippen LogP contribution is 2.36. The molecule has 0 aliphatic heterocycles. The zero-order valence-corrected chi connectivity index (χ0v) is 33.2. The molecule has 1 aliphatic rings. The summed E-state index contributed by atoms with van der Waals surface area (Å²) in [6.07, 6.45) is 5.21. The highest BCUT2D eigenvalue weighted by atomic mass is 16.4. The Morgan fingerprint density at radius 3 is 1.96 bits per heavy atom. The van der Waals surface area contributed by atoms with Crippen LogP contribution in [0.4, 0.5) is 0 Å². The number of carbonyl (C=O) groups excluding carboxylic acids is 8. The number of carboxylic acids is 1. The van der Waals surface area contributed by atoms with Crippen molar-refractivity contribution < 1.29 is 48.3 Å². The van der Waals surface area contributed by atoms with Gasteiger partial charge in [-0.1, -0.05) is 62.6 Å². The number of hydrogen-bond acceptors (Lipinski definition) is 10. The highest BCUT2D eigenvalue weighted by molar-refractivity contribution is 6.38. The number of benzene rings is 1. The van der Waals surface area contributed by atoms with Crippen molar-refractivity contribution in [1.82, 2.24) is 31.9 Å². The van der Waals surface area contributed by atoms with Gasteiger partial charge in [-0.3, -0.25) is 38.4 Å². The van der Waals surface area contributed by atoms with E-state index in [1.165, 1.54) is 6.92 Å². The van der Waals surface area contributed by atoms with Crippen LogP contribution in [0.25, 0.3) is 0 Å². The van der Waals surface area contributed by atoms with Crippen LogP contribution in [0.2, 0.25) is 0 Å². The lowest BCUT2D eigenvalue weighted by molar-refractivity contribution is -0.141. The number of carboxylic acid groups (broad SMARTS) is 1. The maximum atomic E-state index is 13.7. The van der Waals surface area contributed by atoms with Crippen LogP contribution in [0.15, 0.2) is 41.6 Å². The largest absolute Gasteiger partial charge is 0.481 e. The number of rotatable bonds is 29. The molecule has 17 nitrogen and oxygen atoms in total. The highest BCUT2D eigenvalue weighted by Gasteiger charge is 2.31. The minimum atomic E-state index is -1.29. The van der Waals surface area contributed by atoms with Crippen molar-refractivity contribution in [3.05, 3.63) is 47.2 Å². The fourth-order valence-electron chi connectivity index (χ4n) is 6.19. The van der Waals surface area contributed by atoms with Gasteiger partial charge in [-0.15, -0.1) is 0 Å². The van der Waals surface area contributed by atoms with E-state index in [9.17, 15) is 48.3 Å². The fraction of sp³-hybridized carbons (Fsp3) is 0.575. The molecule has 1 aliphatic carbocycles. The number of ketones is 2. The third kappa shape index (κ3) is 18.7. The van der Waals surface area contributed by atoms with Crippen molar-refractivity contribution in [2.75, 3.05) is 19.6 Å². The topological polar surface area (TPSA) is 272 Å². The van der Waals surface area contributed by atoms with E-state index in [4.69, 9.17) is 5.73 Å². The van der Waals surface area contributed by atoms with Crippen LogP contribution in [-0.4, -0.2) is 89.8 Å². The van der Waals surface area contributed by atoms with Gasteiger partial charge in [0.1, 0.15) is 17.9 Å². The lowest BCUT2D eigenvalue weighted by Gasteiger charge is -2.24. The van der Waals surface area contributed by atoms with Gasteiger partial charge in [-0.05, 0) is 63.9 Å². The Balaban J connectivity index is 2.09. The maximum Gasteiger partial charge on any atom is 0.304 e. The molecule has 2 rings (SSSR count). The summed E-state index contributed by atoms with van der Waals surface area (Å²) in [5.74, 6) is -6.51. The first-order chi connectivity index (χ1) is 27.2. The van der Waals surface area contributed by atoms with E-state index in [-0.39, 0.29) is 56.4 Å². The average Bonchev–Trinajstić information content (AvgIpc) is 4.00. The number of allylic oxidation sites excluding steroid dienone is 2. The van der Waals surface area contributed by atoms with Crippen molar-refractivity contribution >= 4 is 53.0 Å². The second-order valence-electron chi connectivity index (χ2n) is 14.2. The fourth-order valence-corrected chi connectivity index (χ4v) is 6.19. The van der Waals surface area contributed by atoms with Gasteiger partial charge in [0.2, 0.25) is 35.3 Å². The molecule has 4 atom stereocenters. The second-order valence-corrected chi connectivity index (χ2v) is 14.2. The molecule has 0 heterocycles. The molecule has 0 radical (unpaired) electrons. The summed E-state index contributed by atoms with van der Waals surface area (Å²) in [4.78, 5) is 113. The van der Waals surface area contributed by atoms with Crippen molar-refractivity contribution in [3.63, 3.8) is 0 Å². The van der Waals surface area contributed by atoms with Gasteiger partial charge >= 0.3 is 5.97 Å². The number of nitrogens with one attached hydrogen (secondary N) is 6. The molecule has 314 valence electrons. The Morgan fingerprint density at radius 2 is 1.37 bits per heavy atom. The SMILES string of the molecule is CCCC(CC(=O)O)C(NCC(=O)NC(CCCCNC(=O)CCCC(C)=O)C(=O)NC(CCC)C(=O)C(=O)NCC(=O)NC(C(N)=O)c1ccccc1)=C1CC1. The Kier molecular flexibility index (Phi) is 21.3. The number of carbonyl (C=O) groups is 9. The van der Waals surface area contributed by atoms with E-state index >= 15 is 0 Å². The van der Waals surface area contributed by atoms with Crippen molar-refractivity contribution in [3.8, 4) is 0 Å². The number of nitrogens with two attached hydrogens (primary N) is 1. The van der Waals surface area contributed by atoms with E-state index in [1.54, 1.807) is 37.3 Å². The summed E-state index contributed by atoms with van der Waals surface area (Å²) in [6, 6.07) is 4.61. The molecule has 0 spiro atoms. The number of aliphatic carboxylic acids is 1. The molecule has 0 bridgehead atoms. The molecule has 17 heteroatoms. The number of unbranched alkanes of at least 4 members (excludes halogenated alkanes) is 1. The number of amides is 6. The normalized spacial score (nSPS) is 13.8. The molecule has 9 N–H and O–H groups in total. The van der Waals surface area contributed by atoms with Gasteiger partial charge in [-0.2, -0.15) is 0 Å². The summed E-state index contributed by atoms with van der Waals surface area (Å²) >= 11 is 0. The molecule has 0 aromatic heterocycles. The van der Waals surface area contributed by atoms with Crippen LogP contribution < -0.4 is 37.6 Å². The lowest BCUT2D eigenvalue weighted by Crippen LogP contribution is -2.55. The molecule has 6 amide bonds. The second kappa shape index (κ2) is 25.5. The number of Topliss-reactive ketones (excluding diaryl/α,β-unsaturated/α-hetero) is 2. The Labute approximate surface area is 333 Å². The minimum absolute atomic E-state index is 0.00370. The van der Waals surface area contributed by atoms with Crippen molar-refractivity contribution in [1.29, 1.82) is 0 Å². The zero-order chi connectivity index (χ0) is 42.3. The van der Waals surface area contributed by atoms with Crippen LogP contribution >= 0.6 is 0 Å². The lowest BCUT2D eigenvalue weighted by atomic mass is 9.95. The number of hydrogen-bond donors (Lipinski definition) is 8. The van der Waals surface area contributed by atoms with Gasteiger partial charge in [-0.25, -0.2) is 0 Å². The average molecular weight is 798 g/mol. The first-order valence-corrected chi connectivity index (χ1v) is 19.7. The predicted molar refractivity (Wildman–Crippen MR) is 210 cm³/mol. The van der Waals surface area contributed by atoms with Gasteiger partial charge in [0.05, 0.1) is 25.6 Å². The van der Waals surface area contributed by atoms with Crippen LogP contribution in [0.3, 0.4) is 0 Å². The molecular formula is C40H59N7O10. The molecule has 4 unspecified atom stereocenters. The maximum absolute atomic E-state index is 13.7. The van der Waals surface area contributed by atoms with Crippen molar-refractivity contribution in [2.45, 2.75) is 122 Å². The molecule has 1 saturated carbocycles. The van der Waals surface area contributed by atoms with E-state index in [0.29, 0.717) is 44.1 Å². The van der Waals surface area contributed by atoms with E-state index in [0.717, 1.165) is 30.5 Å². The summed E-state index contributed by atoms with van der Waals surface area (Å²) in [5.41, 5.74) is 7.66. The first kappa shape index (κ1) is 47.5. The van der Waals surface area contributed by atoms with E-state index in [2.05, 4.69) is 31.9 Å². The van der Waals surface area contributed by atoms with Crippen LogP contribution in [-0.2, 0) is 43.2 Å². The predicted octanol–water partition coefficient (Wildman–Crippen LogP) is 1.36. The molecule has 1 aromatic carbocycles. The zero-order valence-electron chi connectivity index (χ0n) is 33.2. The van der Waals surface area contributed by atoms with E-state index < -0.39 is 66.0 Å². The molecule has 1 fully saturated rings. The standard InChI is InChI=1S/C40H59N7O10/c1-4-12-28(22-34(52)53)35(27-19-20-27)43-23-32(50)45-30(17-9-10-21-42-31(49)18-11-14-25(3)48)39(56)46-29(13-5-2)37(54)40(57)44-24-33(51)47-36(38(41)55)26-15-7-6-8-16-26/h6-8,15-16,28-30,36,43H,4-5,9-14,17-24H2,1-3H3,(H2,41,55)(H,42,49)(H,44,57)(H,45,50)(H,46,56)(H,47,51)(H,52,53). The third-order valence-electron chi connectivity index (χ3n) is 9.18. The first-order valence-electron chi connectivity index (χ1n) is 19.7. The summed E-state index contributed by atoms with van der Waals surface area (Å²) < 4.78 is 0. The Morgan fingerprint density at radius 1 is 0.719 bits per heavy atom. The molecule has 1 aromatic rings. The Hall–Kier alpha value is -5.61. The van der Waals surface area contributed by atoms with Crippen molar-refractivity contribution in [2.24, 2.45) is 11.7 Å². The van der Waals surface area contributed by atoms with Crippen LogP contribution in [0, 0.1) is 5.92 Å². The van der Waals surface area contributed by atoms with Crippen LogP contribution in [0.5, 0.6) is 0 Å². The monoisotopic (exact) mass is 797 g/mol.